The van der Waals surface area contributed by atoms with Crippen molar-refractivity contribution in [3.05, 3.63) is 68.2 Å². The van der Waals surface area contributed by atoms with Gasteiger partial charge in [0.15, 0.2) is 0 Å². The fraction of sp³-hybridized carbons (Fsp3) is 0.263. The van der Waals surface area contributed by atoms with Crippen LogP contribution in [0.25, 0.3) is 11.0 Å². The van der Waals surface area contributed by atoms with E-state index in [1.807, 2.05) is 42.6 Å². The average Bonchev–Trinajstić information content (AvgIpc) is 3.10. The molecule has 1 aromatic carbocycles. The van der Waals surface area contributed by atoms with E-state index in [2.05, 4.69) is 0 Å². The Balaban J connectivity index is 1.70. The number of rotatable bonds is 6. The van der Waals surface area contributed by atoms with Crippen molar-refractivity contribution in [1.29, 1.82) is 0 Å². The van der Waals surface area contributed by atoms with E-state index >= 15 is 0 Å². The third-order valence-corrected chi connectivity index (χ3v) is 4.78. The summed E-state index contributed by atoms with van der Waals surface area (Å²) in [4.78, 5) is 24.8. The molecule has 5 heteroatoms. The van der Waals surface area contributed by atoms with E-state index < -0.39 is 5.63 Å². The Bertz CT molecular complexity index is 893. The van der Waals surface area contributed by atoms with Gasteiger partial charge in [-0.15, -0.1) is 11.3 Å². The van der Waals surface area contributed by atoms with E-state index in [-0.39, 0.29) is 12.6 Å². The zero-order valence-corrected chi connectivity index (χ0v) is 14.2. The largest absolute Gasteiger partial charge is 0.461 e. The van der Waals surface area contributed by atoms with Gasteiger partial charge in [-0.2, -0.15) is 0 Å². The maximum Gasteiger partial charge on any atom is 0.336 e. The summed E-state index contributed by atoms with van der Waals surface area (Å²) < 4.78 is 10.6. The molecule has 0 saturated carbocycles. The predicted molar refractivity (Wildman–Crippen MR) is 94.3 cm³/mol. The molecule has 24 heavy (non-hydrogen) atoms. The average molecular weight is 342 g/mol. The summed E-state index contributed by atoms with van der Waals surface area (Å²) in [7, 11) is 0. The molecule has 3 rings (SSSR count). The summed E-state index contributed by atoms with van der Waals surface area (Å²) in [6.07, 6.45) is 1.87. The molecule has 0 saturated heterocycles. The first kappa shape index (κ1) is 16.5. The van der Waals surface area contributed by atoms with E-state index in [9.17, 15) is 9.59 Å². The van der Waals surface area contributed by atoms with Crippen LogP contribution < -0.4 is 5.63 Å². The third kappa shape index (κ3) is 3.92. The zero-order valence-electron chi connectivity index (χ0n) is 13.4. The second kappa shape index (κ2) is 7.45. The van der Waals surface area contributed by atoms with Crippen LogP contribution in [0.5, 0.6) is 0 Å². The molecular weight excluding hydrogens is 324 g/mol. The summed E-state index contributed by atoms with van der Waals surface area (Å²) >= 11 is 1.63. The lowest BCUT2D eigenvalue weighted by Crippen LogP contribution is -2.08. The van der Waals surface area contributed by atoms with Crippen molar-refractivity contribution >= 4 is 28.3 Å². The first-order valence-electron chi connectivity index (χ1n) is 7.89. The Morgan fingerprint density at radius 2 is 2.12 bits per heavy atom. The SMILES string of the molecule is CCc1ccc2c(COC(=O)CCc3cccs3)cc(=O)oc2c1. The summed E-state index contributed by atoms with van der Waals surface area (Å²) in [5.41, 5.74) is 1.87. The second-order valence-electron chi connectivity index (χ2n) is 5.51. The van der Waals surface area contributed by atoms with Crippen LogP contribution in [0, 0.1) is 0 Å². The lowest BCUT2D eigenvalue weighted by Gasteiger charge is -2.08. The van der Waals surface area contributed by atoms with Crippen molar-refractivity contribution in [2.45, 2.75) is 32.8 Å². The highest BCUT2D eigenvalue weighted by Gasteiger charge is 2.10. The standard InChI is InChI=1S/C19H18O4S/c1-2-13-5-7-16-14(11-19(21)23-17(16)10-13)12-22-18(20)8-6-15-4-3-9-24-15/h3-5,7,9-11H,2,6,8,12H2,1H3. The number of aryl methyl sites for hydroxylation is 2. The first-order chi connectivity index (χ1) is 11.7. The summed E-state index contributed by atoms with van der Waals surface area (Å²) in [6, 6.07) is 11.1. The zero-order chi connectivity index (χ0) is 16.9. The number of carbonyl (C=O) groups is 1. The highest BCUT2D eigenvalue weighted by Crippen LogP contribution is 2.20. The van der Waals surface area contributed by atoms with E-state index in [0.717, 1.165) is 22.2 Å². The summed E-state index contributed by atoms with van der Waals surface area (Å²) in [6.45, 7) is 2.12. The van der Waals surface area contributed by atoms with Gasteiger partial charge in [-0.3, -0.25) is 4.79 Å². The van der Waals surface area contributed by atoms with Crippen molar-refractivity contribution in [2.75, 3.05) is 0 Å². The molecule has 0 radical (unpaired) electrons. The first-order valence-corrected chi connectivity index (χ1v) is 8.77. The fourth-order valence-electron chi connectivity index (χ4n) is 2.52. The number of hydrogen-bond acceptors (Lipinski definition) is 5. The van der Waals surface area contributed by atoms with Gasteiger partial charge in [0.2, 0.25) is 0 Å². The van der Waals surface area contributed by atoms with Crippen molar-refractivity contribution in [3.8, 4) is 0 Å². The smallest absolute Gasteiger partial charge is 0.336 e. The van der Waals surface area contributed by atoms with Crippen LogP contribution in [0.1, 0.15) is 29.3 Å². The van der Waals surface area contributed by atoms with Crippen molar-refractivity contribution in [2.24, 2.45) is 0 Å². The normalized spacial score (nSPS) is 10.9. The molecule has 0 amide bonds. The maximum atomic E-state index is 11.9. The Kier molecular flexibility index (Phi) is 5.11. The number of ether oxygens (including phenoxy) is 1. The van der Waals surface area contributed by atoms with E-state index in [4.69, 9.17) is 9.15 Å². The molecule has 0 atom stereocenters. The predicted octanol–water partition coefficient (Wildman–Crippen LogP) is 4.09. The van der Waals surface area contributed by atoms with Crippen molar-refractivity contribution < 1.29 is 13.9 Å². The molecular formula is C19H18O4S. The minimum atomic E-state index is -0.430. The lowest BCUT2D eigenvalue weighted by atomic mass is 10.1. The second-order valence-corrected chi connectivity index (χ2v) is 6.55. The molecule has 0 aliphatic heterocycles. The van der Waals surface area contributed by atoms with Gasteiger partial charge in [-0.05, 0) is 35.9 Å². The summed E-state index contributed by atoms with van der Waals surface area (Å²) in [5, 5.41) is 2.79. The molecule has 0 bridgehead atoms. The Morgan fingerprint density at radius 3 is 2.88 bits per heavy atom. The highest BCUT2D eigenvalue weighted by molar-refractivity contribution is 7.09. The molecule has 124 valence electrons. The Labute approximate surface area is 143 Å². The topological polar surface area (TPSA) is 56.5 Å². The van der Waals surface area contributed by atoms with Crippen molar-refractivity contribution in [3.63, 3.8) is 0 Å². The maximum absolute atomic E-state index is 11.9. The van der Waals surface area contributed by atoms with Gasteiger partial charge < -0.3 is 9.15 Å². The number of fused-ring (bicyclic) bond motifs is 1. The van der Waals surface area contributed by atoms with Crippen LogP contribution in [0.4, 0.5) is 0 Å². The van der Waals surface area contributed by atoms with Crippen LogP contribution in [-0.2, 0) is 29.0 Å². The van der Waals surface area contributed by atoms with Gasteiger partial charge in [-0.1, -0.05) is 25.1 Å². The van der Waals surface area contributed by atoms with E-state index in [1.165, 1.54) is 6.07 Å². The molecule has 0 N–H and O–H groups in total. The molecule has 0 unspecified atom stereocenters. The van der Waals surface area contributed by atoms with Gasteiger partial charge in [0.1, 0.15) is 12.2 Å². The van der Waals surface area contributed by atoms with Crippen LogP contribution >= 0.6 is 11.3 Å². The molecule has 0 aliphatic rings. The highest BCUT2D eigenvalue weighted by atomic mass is 32.1. The van der Waals surface area contributed by atoms with Crippen LogP contribution in [0.3, 0.4) is 0 Å². The van der Waals surface area contributed by atoms with Crippen molar-refractivity contribution in [1.82, 2.24) is 0 Å². The van der Waals surface area contributed by atoms with Gasteiger partial charge in [0.05, 0.1) is 6.42 Å². The molecule has 0 fully saturated rings. The summed E-state index contributed by atoms with van der Waals surface area (Å²) in [5.74, 6) is -0.269. The number of thiophene rings is 1. The van der Waals surface area contributed by atoms with Crippen LogP contribution in [0.2, 0.25) is 0 Å². The third-order valence-electron chi connectivity index (χ3n) is 3.85. The lowest BCUT2D eigenvalue weighted by molar-refractivity contribution is -0.144. The van der Waals surface area contributed by atoms with Crippen LogP contribution in [-0.4, -0.2) is 5.97 Å². The number of benzene rings is 1. The molecule has 3 aromatic rings. The molecule has 2 aromatic heterocycles. The van der Waals surface area contributed by atoms with Gasteiger partial charge in [0.25, 0.3) is 0 Å². The molecule has 0 aliphatic carbocycles. The van der Waals surface area contributed by atoms with Gasteiger partial charge in [0, 0.05) is 21.9 Å². The quantitative estimate of drug-likeness (QED) is 0.500. The van der Waals surface area contributed by atoms with E-state index in [1.54, 1.807) is 11.3 Å². The number of carbonyl (C=O) groups excluding carboxylic acids is 1. The Hall–Kier alpha value is -2.40. The van der Waals surface area contributed by atoms with Gasteiger partial charge >= 0.3 is 11.6 Å². The minimum Gasteiger partial charge on any atom is -0.461 e. The van der Waals surface area contributed by atoms with E-state index in [0.29, 0.717) is 24.0 Å². The number of esters is 1. The number of hydrogen-bond donors (Lipinski definition) is 0. The van der Waals surface area contributed by atoms with Gasteiger partial charge in [-0.25, -0.2) is 4.79 Å². The molecule has 0 spiro atoms. The minimum absolute atomic E-state index is 0.0802. The Morgan fingerprint density at radius 1 is 1.25 bits per heavy atom. The monoisotopic (exact) mass is 342 g/mol. The van der Waals surface area contributed by atoms with Crippen LogP contribution in [0.15, 0.2) is 51.0 Å². The fourth-order valence-corrected chi connectivity index (χ4v) is 3.23. The molecule has 2 heterocycles. The molecule has 4 nitrogen and oxygen atoms in total.